The number of nitrogens with zero attached hydrogens (tertiary/aromatic N) is 2. The van der Waals surface area contributed by atoms with E-state index in [-0.39, 0.29) is 5.54 Å². The van der Waals surface area contributed by atoms with Gasteiger partial charge in [0, 0.05) is 24.3 Å². The molecule has 3 nitrogen and oxygen atoms in total. The van der Waals surface area contributed by atoms with Gasteiger partial charge in [-0.3, -0.25) is 4.68 Å². The predicted octanol–water partition coefficient (Wildman–Crippen LogP) is 4.19. The Balaban J connectivity index is 1.95. The minimum absolute atomic E-state index is 0.0675. The molecule has 1 aliphatic rings. The van der Waals surface area contributed by atoms with Crippen molar-refractivity contribution >= 4 is 0 Å². The van der Waals surface area contributed by atoms with Gasteiger partial charge in [-0.15, -0.1) is 0 Å². The predicted molar refractivity (Wildman–Crippen MR) is 89.2 cm³/mol. The first kappa shape index (κ1) is 16.5. The minimum atomic E-state index is 0.0675. The lowest BCUT2D eigenvalue weighted by atomic mass is 9.74. The van der Waals surface area contributed by atoms with E-state index < -0.39 is 0 Å². The molecular weight excluding hydrogens is 258 g/mol. The van der Waals surface area contributed by atoms with Gasteiger partial charge in [-0.05, 0) is 51.4 Å². The van der Waals surface area contributed by atoms with E-state index in [2.05, 4.69) is 62.8 Å². The third kappa shape index (κ3) is 4.32. The van der Waals surface area contributed by atoms with Crippen LogP contribution < -0.4 is 5.32 Å². The fraction of sp³-hybridized carbons (Fsp3) is 0.833. The smallest absolute Gasteiger partial charge is 0.0543 e. The van der Waals surface area contributed by atoms with Crippen molar-refractivity contribution in [2.45, 2.75) is 78.9 Å². The zero-order valence-electron chi connectivity index (χ0n) is 14.7. The Morgan fingerprint density at radius 1 is 1.33 bits per heavy atom. The fourth-order valence-electron chi connectivity index (χ4n) is 3.50. The van der Waals surface area contributed by atoms with Crippen molar-refractivity contribution in [1.29, 1.82) is 0 Å². The molecule has 0 bridgehead atoms. The van der Waals surface area contributed by atoms with Crippen molar-refractivity contribution in [3.8, 4) is 0 Å². The number of hydrogen-bond donors (Lipinski definition) is 1. The van der Waals surface area contributed by atoms with Crippen LogP contribution in [0, 0.1) is 17.8 Å². The molecule has 1 aromatic rings. The summed E-state index contributed by atoms with van der Waals surface area (Å²) in [6, 6.07) is 0.659. The molecule has 0 spiro atoms. The highest BCUT2D eigenvalue weighted by Gasteiger charge is 2.30. The van der Waals surface area contributed by atoms with Gasteiger partial charge in [0.25, 0.3) is 0 Å². The molecule has 0 aliphatic heterocycles. The van der Waals surface area contributed by atoms with Crippen LogP contribution in [0.1, 0.15) is 66.4 Å². The van der Waals surface area contributed by atoms with Crippen LogP contribution >= 0.6 is 0 Å². The van der Waals surface area contributed by atoms with Crippen LogP contribution in [0.25, 0.3) is 0 Å². The molecule has 1 heterocycles. The van der Waals surface area contributed by atoms with Crippen molar-refractivity contribution in [3.05, 3.63) is 18.0 Å². The Labute approximate surface area is 130 Å². The summed E-state index contributed by atoms with van der Waals surface area (Å²) >= 11 is 0. The third-order valence-corrected chi connectivity index (χ3v) is 4.91. The van der Waals surface area contributed by atoms with Crippen molar-refractivity contribution in [2.24, 2.45) is 17.8 Å². The van der Waals surface area contributed by atoms with Crippen LogP contribution in [0.4, 0.5) is 0 Å². The van der Waals surface area contributed by atoms with Crippen LogP contribution in [-0.2, 0) is 12.1 Å². The van der Waals surface area contributed by atoms with E-state index in [1.807, 2.05) is 6.20 Å². The molecule has 3 atom stereocenters. The number of hydrogen-bond acceptors (Lipinski definition) is 2. The number of nitrogens with one attached hydrogen (secondary N) is 1. The van der Waals surface area contributed by atoms with E-state index in [0.717, 1.165) is 24.3 Å². The summed E-state index contributed by atoms with van der Waals surface area (Å²) in [5.74, 6) is 2.45. The molecule has 1 N–H and O–H groups in total. The zero-order valence-corrected chi connectivity index (χ0v) is 14.7. The molecule has 0 aromatic carbocycles. The molecular formula is C18H33N3. The maximum Gasteiger partial charge on any atom is 0.0543 e. The monoisotopic (exact) mass is 291 g/mol. The average molecular weight is 291 g/mol. The van der Waals surface area contributed by atoms with Crippen LogP contribution in [0.2, 0.25) is 0 Å². The van der Waals surface area contributed by atoms with E-state index >= 15 is 0 Å². The largest absolute Gasteiger partial charge is 0.310 e. The van der Waals surface area contributed by atoms with Gasteiger partial charge in [0.2, 0.25) is 0 Å². The highest BCUT2D eigenvalue weighted by atomic mass is 15.3. The second-order valence-electron chi connectivity index (χ2n) is 8.28. The molecule has 0 amide bonds. The summed E-state index contributed by atoms with van der Waals surface area (Å²) < 4.78 is 2.06. The second kappa shape index (κ2) is 6.51. The highest BCUT2D eigenvalue weighted by Crippen LogP contribution is 2.33. The maximum absolute atomic E-state index is 4.50. The number of rotatable bonds is 4. The molecule has 1 saturated carbocycles. The lowest BCUT2D eigenvalue weighted by Gasteiger charge is -2.38. The van der Waals surface area contributed by atoms with Gasteiger partial charge < -0.3 is 5.32 Å². The summed E-state index contributed by atoms with van der Waals surface area (Å²) in [4.78, 5) is 0. The first-order valence-electron chi connectivity index (χ1n) is 8.54. The summed E-state index contributed by atoms with van der Waals surface area (Å²) in [5, 5.41) is 8.31. The third-order valence-electron chi connectivity index (χ3n) is 4.91. The first-order valence-corrected chi connectivity index (χ1v) is 8.54. The summed E-state index contributed by atoms with van der Waals surface area (Å²) in [6.07, 6.45) is 8.27. The Hall–Kier alpha value is -0.830. The second-order valence-corrected chi connectivity index (χ2v) is 8.28. The van der Waals surface area contributed by atoms with E-state index in [9.17, 15) is 0 Å². The zero-order chi connectivity index (χ0) is 15.6. The molecule has 0 saturated heterocycles. The lowest BCUT2D eigenvalue weighted by molar-refractivity contribution is 0.169. The van der Waals surface area contributed by atoms with Crippen LogP contribution in [-0.4, -0.2) is 15.8 Å². The van der Waals surface area contributed by atoms with E-state index in [0.29, 0.717) is 6.04 Å². The Morgan fingerprint density at radius 3 is 2.62 bits per heavy atom. The van der Waals surface area contributed by atoms with Gasteiger partial charge in [0.15, 0.2) is 0 Å². The van der Waals surface area contributed by atoms with Gasteiger partial charge in [-0.1, -0.05) is 27.2 Å². The van der Waals surface area contributed by atoms with E-state index in [1.165, 1.54) is 24.8 Å². The van der Waals surface area contributed by atoms with Gasteiger partial charge in [-0.25, -0.2) is 0 Å². The summed E-state index contributed by atoms with van der Waals surface area (Å²) in [7, 11) is 0. The molecule has 120 valence electrons. The standard InChI is InChI=1S/C18H33N3/c1-13(2)16-8-7-14(3)9-17(16)19-10-15-11-20-21(12-15)18(4,5)6/h11-14,16-17,19H,7-10H2,1-6H3. The topological polar surface area (TPSA) is 29.9 Å². The van der Waals surface area contributed by atoms with Gasteiger partial charge in [-0.2, -0.15) is 5.10 Å². The quantitative estimate of drug-likeness (QED) is 0.901. The first-order chi connectivity index (χ1) is 9.77. The molecule has 2 rings (SSSR count). The van der Waals surface area contributed by atoms with Crippen molar-refractivity contribution in [3.63, 3.8) is 0 Å². The number of aromatic nitrogens is 2. The van der Waals surface area contributed by atoms with Gasteiger partial charge in [0.1, 0.15) is 0 Å². The normalized spacial score (nSPS) is 27.3. The lowest BCUT2D eigenvalue weighted by Crippen LogP contribution is -2.42. The van der Waals surface area contributed by atoms with Gasteiger partial charge in [0.05, 0.1) is 11.7 Å². The fourth-order valence-corrected chi connectivity index (χ4v) is 3.50. The van der Waals surface area contributed by atoms with E-state index in [4.69, 9.17) is 0 Å². The molecule has 1 fully saturated rings. The summed E-state index contributed by atoms with van der Waals surface area (Å²) in [6.45, 7) is 14.6. The molecule has 1 aromatic heterocycles. The highest BCUT2D eigenvalue weighted by molar-refractivity contribution is 5.05. The van der Waals surface area contributed by atoms with Crippen LogP contribution in [0.5, 0.6) is 0 Å². The van der Waals surface area contributed by atoms with Crippen LogP contribution in [0.15, 0.2) is 12.4 Å². The van der Waals surface area contributed by atoms with Crippen molar-refractivity contribution in [2.75, 3.05) is 0 Å². The molecule has 1 aliphatic carbocycles. The Bertz CT molecular complexity index is 442. The average Bonchev–Trinajstić information content (AvgIpc) is 2.84. The Morgan fingerprint density at radius 2 is 2.05 bits per heavy atom. The Kier molecular flexibility index (Phi) is 5.13. The molecule has 3 heteroatoms. The minimum Gasteiger partial charge on any atom is -0.310 e. The van der Waals surface area contributed by atoms with Gasteiger partial charge >= 0.3 is 0 Å². The molecule has 21 heavy (non-hydrogen) atoms. The van der Waals surface area contributed by atoms with Crippen LogP contribution in [0.3, 0.4) is 0 Å². The maximum atomic E-state index is 4.50. The van der Waals surface area contributed by atoms with E-state index in [1.54, 1.807) is 0 Å². The molecule has 3 unspecified atom stereocenters. The SMILES string of the molecule is CC1CCC(C(C)C)C(NCc2cnn(C(C)(C)C)c2)C1. The molecule has 0 radical (unpaired) electrons. The van der Waals surface area contributed by atoms with Crippen molar-refractivity contribution < 1.29 is 0 Å². The summed E-state index contributed by atoms with van der Waals surface area (Å²) in [5.41, 5.74) is 1.36. The van der Waals surface area contributed by atoms with Crippen molar-refractivity contribution in [1.82, 2.24) is 15.1 Å².